The normalized spacial score (nSPS) is 10.6. The summed E-state index contributed by atoms with van der Waals surface area (Å²) in [5, 5.41) is 9.22. The first kappa shape index (κ1) is 26.9. The molecule has 0 aliphatic heterocycles. The van der Waals surface area contributed by atoms with Crippen LogP contribution in [0.5, 0.6) is 0 Å². The van der Waals surface area contributed by atoms with Crippen LogP contribution in [0.25, 0.3) is 21.5 Å². The second-order valence-electron chi connectivity index (χ2n) is 8.92. The minimum atomic E-state index is -0.753. The lowest BCUT2D eigenvalue weighted by atomic mass is 9.97. The van der Waals surface area contributed by atoms with Gasteiger partial charge in [-0.1, -0.05) is 109 Å². The zero-order valence-corrected chi connectivity index (χ0v) is 23.1. The van der Waals surface area contributed by atoms with Gasteiger partial charge in [-0.05, 0) is 54.2 Å². The summed E-state index contributed by atoms with van der Waals surface area (Å²) in [4.78, 5) is 29.9. The van der Waals surface area contributed by atoms with Crippen molar-refractivity contribution in [3.63, 3.8) is 0 Å². The Morgan fingerprint density at radius 3 is 1.45 bits per heavy atom. The number of ether oxygens (including phenoxy) is 2. The number of halogens is 1. The SMILES string of the molecule is O=C(NC(=NCc1c2ccccc2c(Br)c2ccccc12)NC(=O)OCc1ccccc1)OCc1ccccc1. The smallest absolute Gasteiger partial charge is 0.414 e. The number of rotatable bonds is 6. The second-order valence-corrected chi connectivity index (χ2v) is 9.71. The van der Waals surface area contributed by atoms with Gasteiger partial charge < -0.3 is 9.47 Å². The molecule has 2 N–H and O–H groups in total. The van der Waals surface area contributed by atoms with Crippen molar-refractivity contribution in [1.82, 2.24) is 10.6 Å². The molecule has 0 unspecified atom stereocenters. The summed E-state index contributed by atoms with van der Waals surface area (Å²) in [5.74, 6) is -0.0767. The highest BCUT2D eigenvalue weighted by atomic mass is 79.9. The quantitative estimate of drug-likeness (QED) is 0.121. The van der Waals surface area contributed by atoms with Crippen molar-refractivity contribution in [3.8, 4) is 0 Å². The van der Waals surface area contributed by atoms with Gasteiger partial charge in [0.25, 0.3) is 0 Å². The number of fused-ring (bicyclic) bond motifs is 2. The predicted octanol–water partition coefficient (Wildman–Crippen LogP) is 7.46. The molecular formula is C32H26BrN3O4. The minimum absolute atomic E-state index is 0.0698. The molecule has 0 spiro atoms. The fraction of sp³-hybridized carbons (Fsp3) is 0.0938. The van der Waals surface area contributed by atoms with Crippen LogP contribution in [0.3, 0.4) is 0 Å². The molecule has 200 valence electrons. The molecule has 2 amide bonds. The van der Waals surface area contributed by atoms with Crippen molar-refractivity contribution >= 4 is 55.6 Å². The van der Waals surface area contributed by atoms with Gasteiger partial charge in [-0.15, -0.1) is 0 Å². The number of aliphatic imine (C=N–C) groups is 1. The third kappa shape index (κ3) is 6.65. The molecule has 5 aromatic carbocycles. The minimum Gasteiger partial charge on any atom is -0.444 e. The van der Waals surface area contributed by atoms with E-state index in [1.54, 1.807) is 0 Å². The molecule has 0 fully saturated rings. The highest BCUT2D eigenvalue weighted by molar-refractivity contribution is 9.10. The molecule has 0 saturated heterocycles. The van der Waals surface area contributed by atoms with E-state index >= 15 is 0 Å². The summed E-state index contributed by atoms with van der Waals surface area (Å²) in [6.07, 6.45) is -1.51. The Morgan fingerprint density at radius 2 is 1.00 bits per heavy atom. The van der Waals surface area contributed by atoms with Gasteiger partial charge in [0.2, 0.25) is 5.96 Å². The largest absolute Gasteiger partial charge is 0.444 e. The Hall–Kier alpha value is -4.69. The molecule has 0 aromatic heterocycles. The van der Waals surface area contributed by atoms with E-state index in [4.69, 9.17) is 9.47 Å². The summed E-state index contributed by atoms with van der Waals surface area (Å²) >= 11 is 3.75. The molecule has 0 radical (unpaired) electrons. The second kappa shape index (κ2) is 12.9. The summed E-state index contributed by atoms with van der Waals surface area (Å²) in [5.41, 5.74) is 2.61. The van der Waals surface area contributed by atoms with Crippen molar-refractivity contribution < 1.29 is 19.1 Å². The van der Waals surface area contributed by atoms with E-state index in [-0.39, 0.29) is 25.7 Å². The van der Waals surface area contributed by atoms with Crippen molar-refractivity contribution in [2.24, 2.45) is 4.99 Å². The van der Waals surface area contributed by atoms with Gasteiger partial charge >= 0.3 is 12.2 Å². The Labute approximate surface area is 240 Å². The average Bonchev–Trinajstić information content (AvgIpc) is 3.00. The molecule has 0 aliphatic carbocycles. The maximum atomic E-state index is 12.7. The summed E-state index contributed by atoms with van der Waals surface area (Å²) < 4.78 is 11.7. The fourth-order valence-electron chi connectivity index (χ4n) is 4.32. The van der Waals surface area contributed by atoms with Crippen LogP contribution in [-0.2, 0) is 29.2 Å². The van der Waals surface area contributed by atoms with E-state index < -0.39 is 12.2 Å². The third-order valence-corrected chi connectivity index (χ3v) is 7.09. The van der Waals surface area contributed by atoms with Crippen LogP contribution in [-0.4, -0.2) is 18.1 Å². The lowest BCUT2D eigenvalue weighted by Gasteiger charge is -2.14. The highest BCUT2D eigenvalue weighted by Gasteiger charge is 2.15. The first-order chi connectivity index (χ1) is 19.6. The van der Waals surface area contributed by atoms with Crippen molar-refractivity contribution in [2.45, 2.75) is 19.8 Å². The van der Waals surface area contributed by atoms with Gasteiger partial charge in [0.15, 0.2) is 0 Å². The van der Waals surface area contributed by atoms with Gasteiger partial charge in [0.05, 0.1) is 6.54 Å². The van der Waals surface area contributed by atoms with Crippen LogP contribution in [0.2, 0.25) is 0 Å². The van der Waals surface area contributed by atoms with Gasteiger partial charge in [0, 0.05) is 4.47 Å². The molecule has 0 saturated carbocycles. The third-order valence-electron chi connectivity index (χ3n) is 6.24. The summed E-state index contributed by atoms with van der Waals surface area (Å²) in [6.45, 7) is 0.322. The Kier molecular flexibility index (Phi) is 8.68. The first-order valence-corrected chi connectivity index (χ1v) is 13.5. The molecule has 40 heavy (non-hydrogen) atoms. The number of nitrogens with one attached hydrogen (secondary N) is 2. The summed E-state index contributed by atoms with van der Waals surface area (Å²) in [7, 11) is 0. The van der Waals surface area contributed by atoms with E-state index in [0.29, 0.717) is 0 Å². The maximum absolute atomic E-state index is 12.7. The maximum Gasteiger partial charge on any atom is 0.414 e. The molecule has 5 rings (SSSR count). The lowest BCUT2D eigenvalue weighted by Crippen LogP contribution is -2.44. The van der Waals surface area contributed by atoms with Crippen LogP contribution >= 0.6 is 15.9 Å². The topological polar surface area (TPSA) is 89.0 Å². The average molecular weight is 596 g/mol. The number of hydrogen-bond donors (Lipinski definition) is 2. The molecule has 0 atom stereocenters. The number of alkyl carbamates (subject to hydrolysis) is 2. The first-order valence-electron chi connectivity index (χ1n) is 12.7. The van der Waals surface area contributed by atoms with E-state index in [1.807, 2.05) is 109 Å². The molecule has 0 bridgehead atoms. The number of nitrogens with zero attached hydrogens (tertiary/aromatic N) is 1. The lowest BCUT2D eigenvalue weighted by molar-refractivity contribution is 0.141. The van der Waals surface area contributed by atoms with E-state index in [0.717, 1.165) is 42.7 Å². The Balaban J connectivity index is 1.39. The van der Waals surface area contributed by atoms with E-state index in [9.17, 15) is 9.59 Å². The Morgan fingerprint density at radius 1 is 0.600 bits per heavy atom. The molecular weight excluding hydrogens is 570 g/mol. The van der Waals surface area contributed by atoms with E-state index in [2.05, 4.69) is 31.6 Å². The number of amides is 2. The van der Waals surface area contributed by atoms with Crippen LogP contribution < -0.4 is 10.6 Å². The standard InChI is InChI=1S/C32H26BrN3O4/c33-29-26-17-9-7-15-24(26)28(25-16-8-10-18-27(25)29)19-34-30(35-31(37)39-20-22-11-3-1-4-12-22)36-32(38)40-21-23-13-5-2-6-14-23/h1-18H,19-21H2,(H2,34,35,36,37,38). The van der Waals surface area contributed by atoms with Crippen LogP contribution in [0.1, 0.15) is 16.7 Å². The highest BCUT2D eigenvalue weighted by Crippen LogP contribution is 2.36. The summed E-state index contributed by atoms with van der Waals surface area (Å²) in [6, 6.07) is 34.7. The fourth-order valence-corrected chi connectivity index (χ4v) is 5.01. The number of benzene rings is 5. The van der Waals surface area contributed by atoms with Gasteiger partial charge in [-0.3, -0.25) is 10.6 Å². The van der Waals surface area contributed by atoms with Crippen LogP contribution in [0.4, 0.5) is 9.59 Å². The number of carbonyl (C=O) groups excluding carboxylic acids is 2. The molecule has 8 heteroatoms. The number of carbonyl (C=O) groups is 2. The van der Waals surface area contributed by atoms with Crippen molar-refractivity contribution in [1.29, 1.82) is 0 Å². The zero-order valence-electron chi connectivity index (χ0n) is 21.5. The molecule has 7 nitrogen and oxygen atoms in total. The van der Waals surface area contributed by atoms with Gasteiger partial charge in [0.1, 0.15) is 13.2 Å². The molecule has 5 aromatic rings. The monoisotopic (exact) mass is 595 g/mol. The van der Waals surface area contributed by atoms with E-state index in [1.165, 1.54) is 0 Å². The molecule has 0 heterocycles. The zero-order chi connectivity index (χ0) is 27.7. The van der Waals surface area contributed by atoms with Crippen LogP contribution in [0.15, 0.2) is 119 Å². The van der Waals surface area contributed by atoms with Crippen molar-refractivity contribution in [2.75, 3.05) is 0 Å². The Bertz CT molecular complexity index is 1560. The molecule has 0 aliphatic rings. The van der Waals surface area contributed by atoms with Crippen molar-refractivity contribution in [3.05, 3.63) is 130 Å². The number of hydrogen-bond acceptors (Lipinski definition) is 5. The van der Waals surface area contributed by atoms with Gasteiger partial charge in [-0.2, -0.15) is 0 Å². The van der Waals surface area contributed by atoms with Crippen LogP contribution in [0, 0.1) is 0 Å². The number of guanidine groups is 1. The predicted molar refractivity (Wildman–Crippen MR) is 160 cm³/mol. The van der Waals surface area contributed by atoms with Gasteiger partial charge in [-0.25, -0.2) is 14.6 Å².